The Morgan fingerprint density at radius 3 is 2.47 bits per heavy atom. The van der Waals surface area contributed by atoms with Crippen LogP contribution < -0.4 is 0 Å². The van der Waals surface area contributed by atoms with Gasteiger partial charge in [-0.1, -0.05) is 19.4 Å². The molecule has 3 nitrogen and oxygen atoms in total. The Kier molecular flexibility index (Phi) is 4.12. The Morgan fingerprint density at radius 2 is 1.94 bits per heavy atom. The molecular formula is C14H22O3. The predicted octanol–water partition coefficient (Wildman–Crippen LogP) is 3.03. The summed E-state index contributed by atoms with van der Waals surface area (Å²) in [7, 11) is 0. The van der Waals surface area contributed by atoms with E-state index < -0.39 is 5.97 Å². The van der Waals surface area contributed by atoms with Gasteiger partial charge in [-0.15, -0.1) is 0 Å². The van der Waals surface area contributed by atoms with Gasteiger partial charge in [-0.05, 0) is 39.2 Å². The van der Waals surface area contributed by atoms with Crippen LogP contribution in [0.3, 0.4) is 0 Å². The zero-order valence-electron chi connectivity index (χ0n) is 11.4. The van der Waals surface area contributed by atoms with Crippen LogP contribution in [-0.4, -0.2) is 17.9 Å². The maximum atomic E-state index is 11.6. The molecule has 1 unspecified atom stereocenters. The molecular weight excluding hydrogens is 216 g/mol. The quantitative estimate of drug-likeness (QED) is 0.431. The van der Waals surface area contributed by atoms with Crippen LogP contribution >= 0.6 is 0 Å². The first-order valence-corrected chi connectivity index (χ1v) is 6.09. The second-order valence-corrected chi connectivity index (χ2v) is 5.70. The first kappa shape index (κ1) is 13.9. The number of allylic oxidation sites excluding steroid dienone is 1. The number of esters is 1. The van der Waals surface area contributed by atoms with Gasteiger partial charge >= 0.3 is 5.97 Å². The molecule has 1 rings (SSSR count). The van der Waals surface area contributed by atoms with Gasteiger partial charge < -0.3 is 4.74 Å². The molecule has 0 aromatic carbocycles. The minimum atomic E-state index is -0.412. The molecule has 0 saturated heterocycles. The summed E-state index contributed by atoms with van der Waals surface area (Å²) in [6.45, 7) is 9.71. The zero-order valence-corrected chi connectivity index (χ0v) is 11.4. The normalized spacial score (nSPS) is 23.5. The first-order chi connectivity index (χ1) is 7.74. The zero-order chi connectivity index (χ0) is 13.2. The molecule has 17 heavy (non-hydrogen) atoms. The van der Waals surface area contributed by atoms with Gasteiger partial charge in [0.15, 0.2) is 0 Å². The summed E-state index contributed by atoms with van der Waals surface area (Å²) in [6.07, 6.45) is 1.75. The third kappa shape index (κ3) is 3.42. The standard InChI is InChI=1S/C14H22O3/c1-9-6-7-14(4,5)13(11(9)3)17-12(16)8-10(2)15/h13H,6-8H2,1-5H3. The Labute approximate surface area is 103 Å². The molecule has 0 N–H and O–H groups in total. The molecule has 0 amide bonds. The molecule has 0 fully saturated rings. The SMILES string of the molecule is CC(=O)CC(=O)OC1C(C)=C(C)CCC1(C)C. The highest BCUT2D eigenvalue weighted by atomic mass is 16.5. The van der Waals surface area contributed by atoms with Gasteiger partial charge in [-0.3, -0.25) is 9.59 Å². The van der Waals surface area contributed by atoms with Crippen LogP contribution in [0.4, 0.5) is 0 Å². The third-order valence-electron chi connectivity index (χ3n) is 3.56. The van der Waals surface area contributed by atoms with Crippen LogP contribution in [-0.2, 0) is 14.3 Å². The number of hydrogen-bond acceptors (Lipinski definition) is 3. The lowest BCUT2D eigenvalue weighted by atomic mass is 9.72. The van der Waals surface area contributed by atoms with Gasteiger partial charge in [-0.25, -0.2) is 0 Å². The summed E-state index contributed by atoms with van der Waals surface area (Å²) in [5.74, 6) is -0.563. The van der Waals surface area contributed by atoms with Crippen molar-refractivity contribution in [1.82, 2.24) is 0 Å². The first-order valence-electron chi connectivity index (χ1n) is 6.09. The number of ether oxygens (including phenoxy) is 1. The van der Waals surface area contributed by atoms with Crippen molar-refractivity contribution >= 4 is 11.8 Å². The van der Waals surface area contributed by atoms with E-state index in [4.69, 9.17) is 4.74 Å². The molecule has 1 aliphatic carbocycles. The fourth-order valence-corrected chi connectivity index (χ4v) is 2.27. The van der Waals surface area contributed by atoms with E-state index in [2.05, 4.69) is 20.8 Å². The van der Waals surface area contributed by atoms with Gasteiger partial charge in [0, 0.05) is 5.41 Å². The molecule has 0 saturated carbocycles. The van der Waals surface area contributed by atoms with Crippen molar-refractivity contribution in [3.63, 3.8) is 0 Å². The maximum Gasteiger partial charge on any atom is 0.313 e. The number of carbonyl (C=O) groups excluding carboxylic acids is 2. The average Bonchev–Trinajstić information content (AvgIpc) is 2.18. The molecule has 0 radical (unpaired) electrons. The van der Waals surface area contributed by atoms with Crippen LogP contribution in [0.2, 0.25) is 0 Å². The molecule has 0 spiro atoms. The average molecular weight is 238 g/mol. The van der Waals surface area contributed by atoms with E-state index in [1.165, 1.54) is 12.5 Å². The Hall–Kier alpha value is -1.12. The number of hydrogen-bond donors (Lipinski definition) is 0. The van der Waals surface area contributed by atoms with E-state index in [0.29, 0.717) is 0 Å². The molecule has 0 aliphatic heterocycles. The van der Waals surface area contributed by atoms with Crippen molar-refractivity contribution in [3.05, 3.63) is 11.1 Å². The van der Waals surface area contributed by atoms with Gasteiger partial charge in [-0.2, -0.15) is 0 Å². The van der Waals surface area contributed by atoms with Crippen LogP contribution in [0.15, 0.2) is 11.1 Å². The van der Waals surface area contributed by atoms with Crippen LogP contribution in [0.5, 0.6) is 0 Å². The van der Waals surface area contributed by atoms with E-state index in [1.807, 2.05) is 6.92 Å². The predicted molar refractivity (Wildman–Crippen MR) is 66.6 cm³/mol. The third-order valence-corrected chi connectivity index (χ3v) is 3.56. The monoisotopic (exact) mass is 238 g/mol. The van der Waals surface area contributed by atoms with Gasteiger partial charge in [0.05, 0.1) is 0 Å². The number of carbonyl (C=O) groups is 2. The number of rotatable bonds is 3. The Morgan fingerprint density at radius 1 is 1.35 bits per heavy atom. The molecule has 0 bridgehead atoms. The highest BCUT2D eigenvalue weighted by molar-refractivity contribution is 5.94. The smallest absolute Gasteiger partial charge is 0.313 e. The minimum absolute atomic E-state index is 0.0456. The topological polar surface area (TPSA) is 43.4 Å². The molecule has 3 heteroatoms. The van der Waals surface area contributed by atoms with Gasteiger partial charge in [0.25, 0.3) is 0 Å². The second kappa shape index (κ2) is 5.03. The van der Waals surface area contributed by atoms with Crippen molar-refractivity contribution in [2.24, 2.45) is 5.41 Å². The fourth-order valence-electron chi connectivity index (χ4n) is 2.27. The molecule has 96 valence electrons. The van der Waals surface area contributed by atoms with E-state index in [0.717, 1.165) is 18.4 Å². The summed E-state index contributed by atoms with van der Waals surface area (Å²) < 4.78 is 5.48. The van der Waals surface area contributed by atoms with E-state index in [1.54, 1.807) is 0 Å². The minimum Gasteiger partial charge on any atom is -0.457 e. The van der Waals surface area contributed by atoms with Crippen LogP contribution in [0.1, 0.15) is 53.9 Å². The molecule has 1 aliphatic rings. The molecule has 0 aromatic rings. The van der Waals surface area contributed by atoms with Crippen molar-refractivity contribution in [3.8, 4) is 0 Å². The molecule has 0 aromatic heterocycles. The highest BCUT2D eigenvalue weighted by Gasteiger charge is 2.37. The lowest BCUT2D eigenvalue weighted by Crippen LogP contribution is -2.38. The Bertz CT molecular complexity index is 364. The van der Waals surface area contributed by atoms with E-state index in [9.17, 15) is 9.59 Å². The largest absolute Gasteiger partial charge is 0.457 e. The van der Waals surface area contributed by atoms with Crippen molar-refractivity contribution < 1.29 is 14.3 Å². The summed E-state index contributed by atoms with van der Waals surface area (Å²) in [4.78, 5) is 22.5. The molecule has 1 atom stereocenters. The van der Waals surface area contributed by atoms with E-state index in [-0.39, 0.29) is 23.7 Å². The summed E-state index contributed by atoms with van der Waals surface area (Å²) >= 11 is 0. The van der Waals surface area contributed by atoms with E-state index >= 15 is 0 Å². The summed E-state index contributed by atoms with van der Waals surface area (Å²) in [5.41, 5.74) is 2.39. The van der Waals surface area contributed by atoms with Crippen LogP contribution in [0.25, 0.3) is 0 Å². The second-order valence-electron chi connectivity index (χ2n) is 5.70. The van der Waals surface area contributed by atoms with Crippen molar-refractivity contribution in [2.75, 3.05) is 0 Å². The maximum absolute atomic E-state index is 11.6. The van der Waals surface area contributed by atoms with Crippen molar-refractivity contribution in [1.29, 1.82) is 0 Å². The lowest BCUT2D eigenvalue weighted by Gasteiger charge is -2.39. The Balaban J connectivity index is 2.82. The summed E-state index contributed by atoms with van der Waals surface area (Å²) in [5, 5.41) is 0. The number of Topliss-reactive ketones (excluding diaryl/α,β-unsaturated/α-hetero) is 1. The molecule has 0 heterocycles. The number of ketones is 1. The lowest BCUT2D eigenvalue weighted by molar-refractivity contribution is -0.154. The van der Waals surface area contributed by atoms with Crippen molar-refractivity contribution in [2.45, 2.75) is 60.0 Å². The van der Waals surface area contributed by atoms with Gasteiger partial charge in [0.2, 0.25) is 0 Å². The van der Waals surface area contributed by atoms with Gasteiger partial charge in [0.1, 0.15) is 18.3 Å². The summed E-state index contributed by atoms with van der Waals surface area (Å²) in [6, 6.07) is 0. The fraction of sp³-hybridized carbons (Fsp3) is 0.714. The highest BCUT2D eigenvalue weighted by Crippen LogP contribution is 2.40. The van der Waals surface area contributed by atoms with Crippen LogP contribution in [0, 0.1) is 5.41 Å².